The molecule has 0 spiro atoms. The molecule has 0 saturated heterocycles. The lowest BCUT2D eigenvalue weighted by molar-refractivity contribution is 0.0405. The van der Waals surface area contributed by atoms with Crippen molar-refractivity contribution >= 4 is 0 Å². The molecule has 104 valence electrons. The maximum absolute atomic E-state index is 5.96. The molecule has 1 atom stereocenters. The van der Waals surface area contributed by atoms with Gasteiger partial charge in [-0.15, -0.1) is 0 Å². The third-order valence-electron chi connectivity index (χ3n) is 2.82. The van der Waals surface area contributed by atoms with Crippen molar-refractivity contribution in [3.8, 4) is 0 Å². The number of hydrogen-bond donors (Lipinski definition) is 1. The summed E-state index contributed by atoms with van der Waals surface area (Å²) in [6, 6.07) is 0. The van der Waals surface area contributed by atoms with Gasteiger partial charge in [0.15, 0.2) is 0 Å². The first-order valence-electron chi connectivity index (χ1n) is 7.36. The zero-order valence-electron chi connectivity index (χ0n) is 12.6. The van der Waals surface area contributed by atoms with Crippen LogP contribution in [-0.2, 0) is 4.74 Å². The molecular formula is C15H33NO. The van der Waals surface area contributed by atoms with Crippen LogP contribution in [0.4, 0.5) is 0 Å². The van der Waals surface area contributed by atoms with Gasteiger partial charge in [0.25, 0.3) is 0 Å². The number of nitrogens with one attached hydrogen (secondary N) is 1. The Morgan fingerprint density at radius 1 is 1.00 bits per heavy atom. The maximum Gasteiger partial charge on any atom is 0.0699 e. The molecule has 0 heterocycles. The highest BCUT2D eigenvalue weighted by molar-refractivity contribution is 4.73. The van der Waals surface area contributed by atoms with Crippen LogP contribution in [0.3, 0.4) is 0 Å². The Kier molecular flexibility index (Phi) is 9.85. The first kappa shape index (κ1) is 16.9. The van der Waals surface area contributed by atoms with E-state index in [1.165, 1.54) is 32.1 Å². The molecule has 0 rings (SSSR count). The number of rotatable bonds is 10. The molecule has 0 aliphatic rings. The van der Waals surface area contributed by atoms with E-state index in [4.69, 9.17) is 4.74 Å². The third-order valence-corrected chi connectivity index (χ3v) is 2.82. The molecule has 0 aromatic carbocycles. The van der Waals surface area contributed by atoms with E-state index >= 15 is 0 Å². The van der Waals surface area contributed by atoms with Crippen LogP contribution < -0.4 is 5.32 Å². The summed E-state index contributed by atoms with van der Waals surface area (Å²) in [5.41, 5.74) is 0.192. The lowest BCUT2D eigenvalue weighted by atomic mass is 10.1. The topological polar surface area (TPSA) is 21.3 Å². The molecule has 0 aromatic rings. The fourth-order valence-corrected chi connectivity index (χ4v) is 1.77. The van der Waals surface area contributed by atoms with E-state index in [9.17, 15) is 0 Å². The van der Waals surface area contributed by atoms with Crippen LogP contribution in [0.5, 0.6) is 0 Å². The van der Waals surface area contributed by atoms with Crippen molar-refractivity contribution in [1.82, 2.24) is 5.32 Å². The van der Waals surface area contributed by atoms with Gasteiger partial charge in [-0.05, 0) is 33.6 Å². The Morgan fingerprint density at radius 3 is 2.24 bits per heavy atom. The van der Waals surface area contributed by atoms with E-state index in [0.717, 1.165) is 19.6 Å². The molecule has 0 aliphatic heterocycles. The summed E-state index contributed by atoms with van der Waals surface area (Å²) in [5, 5.41) is 3.53. The van der Waals surface area contributed by atoms with Crippen LogP contribution in [0.25, 0.3) is 0 Å². The van der Waals surface area contributed by atoms with Gasteiger partial charge in [0.1, 0.15) is 0 Å². The average Bonchev–Trinajstić information content (AvgIpc) is 2.24. The van der Waals surface area contributed by atoms with E-state index < -0.39 is 0 Å². The number of unbranched alkanes of at least 4 members (excludes halogenated alkanes) is 3. The second-order valence-corrected chi connectivity index (χ2v) is 5.97. The Balaban J connectivity index is 3.67. The quantitative estimate of drug-likeness (QED) is 0.582. The third kappa shape index (κ3) is 12.2. The lowest BCUT2D eigenvalue weighted by Crippen LogP contribution is -2.41. The molecule has 0 aliphatic carbocycles. The molecule has 0 radical (unpaired) electrons. The molecule has 1 unspecified atom stereocenters. The number of hydrogen-bond acceptors (Lipinski definition) is 2. The average molecular weight is 243 g/mol. The predicted molar refractivity (Wildman–Crippen MR) is 76.5 cm³/mol. The zero-order valence-corrected chi connectivity index (χ0v) is 12.6. The first-order chi connectivity index (χ1) is 7.99. The second kappa shape index (κ2) is 9.90. The van der Waals surface area contributed by atoms with Crippen molar-refractivity contribution in [2.75, 3.05) is 13.2 Å². The molecule has 0 saturated carbocycles. The van der Waals surface area contributed by atoms with Crippen LogP contribution in [-0.4, -0.2) is 24.8 Å². The van der Waals surface area contributed by atoms with Crippen molar-refractivity contribution in [3.63, 3.8) is 0 Å². The van der Waals surface area contributed by atoms with Gasteiger partial charge < -0.3 is 10.1 Å². The van der Waals surface area contributed by atoms with Crippen molar-refractivity contribution in [1.29, 1.82) is 0 Å². The van der Waals surface area contributed by atoms with Crippen LogP contribution in [0.15, 0.2) is 0 Å². The fraction of sp³-hybridized carbons (Fsp3) is 1.00. The standard InChI is InChI=1S/C15H33NO/c1-6-8-9-10-12-17-14(11-7-2)13-16-15(3,4)5/h14,16H,6-13H2,1-5H3. The molecule has 0 fully saturated rings. The smallest absolute Gasteiger partial charge is 0.0699 e. The SMILES string of the molecule is CCCCCCOC(CCC)CNC(C)(C)C. The van der Waals surface area contributed by atoms with Gasteiger partial charge in [-0.25, -0.2) is 0 Å². The van der Waals surface area contributed by atoms with Crippen molar-refractivity contribution in [2.45, 2.75) is 84.8 Å². The molecule has 0 bridgehead atoms. The minimum absolute atomic E-state index is 0.192. The lowest BCUT2D eigenvalue weighted by Gasteiger charge is -2.25. The highest BCUT2D eigenvalue weighted by Crippen LogP contribution is 2.07. The normalized spacial score (nSPS) is 13.9. The fourth-order valence-electron chi connectivity index (χ4n) is 1.77. The Morgan fingerprint density at radius 2 is 1.71 bits per heavy atom. The van der Waals surface area contributed by atoms with E-state index in [2.05, 4.69) is 39.9 Å². The van der Waals surface area contributed by atoms with Crippen LogP contribution in [0.1, 0.15) is 73.1 Å². The predicted octanol–water partition coefficient (Wildman–Crippen LogP) is 4.14. The molecule has 1 N–H and O–H groups in total. The van der Waals surface area contributed by atoms with Crippen LogP contribution >= 0.6 is 0 Å². The van der Waals surface area contributed by atoms with Crippen molar-refractivity contribution in [3.05, 3.63) is 0 Å². The van der Waals surface area contributed by atoms with Crippen LogP contribution in [0, 0.1) is 0 Å². The van der Waals surface area contributed by atoms with Crippen LogP contribution in [0.2, 0.25) is 0 Å². The minimum Gasteiger partial charge on any atom is -0.377 e. The number of ether oxygens (including phenoxy) is 1. The summed E-state index contributed by atoms with van der Waals surface area (Å²) in [6.07, 6.45) is 7.90. The Bertz CT molecular complexity index is 163. The second-order valence-electron chi connectivity index (χ2n) is 5.97. The van der Waals surface area contributed by atoms with Crippen molar-refractivity contribution in [2.24, 2.45) is 0 Å². The zero-order chi connectivity index (χ0) is 13.1. The summed E-state index contributed by atoms with van der Waals surface area (Å²) in [6.45, 7) is 13.0. The molecule has 17 heavy (non-hydrogen) atoms. The summed E-state index contributed by atoms with van der Waals surface area (Å²) in [4.78, 5) is 0. The Labute approximate surface area is 109 Å². The molecule has 2 heteroatoms. The van der Waals surface area contributed by atoms with E-state index in [-0.39, 0.29) is 5.54 Å². The maximum atomic E-state index is 5.96. The van der Waals surface area contributed by atoms with Gasteiger partial charge >= 0.3 is 0 Å². The van der Waals surface area contributed by atoms with Gasteiger partial charge in [-0.3, -0.25) is 0 Å². The van der Waals surface area contributed by atoms with Gasteiger partial charge in [-0.2, -0.15) is 0 Å². The summed E-state index contributed by atoms with van der Waals surface area (Å²) < 4.78 is 5.96. The highest BCUT2D eigenvalue weighted by Gasteiger charge is 2.13. The monoisotopic (exact) mass is 243 g/mol. The summed E-state index contributed by atoms with van der Waals surface area (Å²) >= 11 is 0. The van der Waals surface area contributed by atoms with Crippen molar-refractivity contribution < 1.29 is 4.74 Å². The van der Waals surface area contributed by atoms with Gasteiger partial charge in [0.05, 0.1) is 6.10 Å². The first-order valence-corrected chi connectivity index (χ1v) is 7.36. The highest BCUT2D eigenvalue weighted by atomic mass is 16.5. The Hall–Kier alpha value is -0.0800. The molecule has 0 amide bonds. The summed E-state index contributed by atoms with van der Waals surface area (Å²) in [5.74, 6) is 0. The largest absolute Gasteiger partial charge is 0.377 e. The molecule has 0 aromatic heterocycles. The van der Waals surface area contributed by atoms with Gasteiger partial charge in [0, 0.05) is 18.7 Å². The van der Waals surface area contributed by atoms with E-state index in [0.29, 0.717) is 6.10 Å². The van der Waals surface area contributed by atoms with E-state index in [1.54, 1.807) is 0 Å². The van der Waals surface area contributed by atoms with Gasteiger partial charge in [0.2, 0.25) is 0 Å². The molecular weight excluding hydrogens is 210 g/mol. The van der Waals surface area contributed by atoms with E-state index in [1.807, 2.05) is 0 Å². The van der Waals surface area contributed by atoms with Gasteiger partial charge in [-0.1, -0.05) is 39.5 Å². The minimum atomic E-state index is 0.192. The molecule has 2 nitrogen and oxygen atoms in total. The summed E-state index contributed by atoms with van der Waals surface area (Å²) in [7, 11) is 0.